The van der Waals surface area contributed by atoms with Crippen molar-refractivity contribution in [2.45, 2.75) is 24.5 Å². The molecular formula is C10H14BN5O9P2-. The van der Waals surface area contributed by atoms with E-state index in [1.54, 1.807) is 0 Å². The molecule has 1 aliphatic heterocycles. The molecule has 14 nitrogen and oxygen atoms in total. The van der Waals surface area contributed by atoms with Gasteiger partial charge in [0.2, 0.25) is 0 Å². The van der Waals surface area contributed by atoms with Crippen LogP contribution in [-0.2, 0) is 22.7 Å². The Morgan fingerprint density at radius 1 is 1.26 bits per heavy atom. The van der Waals surface area contributed by atoms with Crippen molar-refractivity contribution < 1.29 is 42.7 Å². The molecule has 1 saturated heterocycles. The van der Waals surface area contributed by atoms with E-state index in [-0.39, 0.29) is 17.0 Å². The number of imidazole rings is 1. The number of hydrogen-bond donors (Lipinski definition) is 5. The molecule has 1 aliphatic rings. The fourth-order valence-corrected chi connectivity index (χ4v) is 4.23. The number of rotatable bonds is 6. The van der Waals surface area contributed by atoms with E-state index in [4.69, 9.17) is 27.8 Å². The number of aromatic nitrogens is 4. The zero-order valence-corrected chi connectivity index (χ0v) is 15.1. The Morgan fingerprint density at radius 3 is 2.63 bits per heavy atom. The summed E-state index contributed by atoms with van der Waals surface area (Å²) in [6.45, 7) is -0.688. The van der Waals surface area contributed by atoms with E-state index in [2.05, 4.69) is 23.8 Å². The minimum atomic E-state index is -5.16. The summed E-state index contributed by atoms with van der Waals surface area (Å²) in [6.07, 6.45) is -2.94. The number of hydrogen-bond acceptors (Lipinski definition) is 11. The highest BCUT2D eigenvalue weighted by Gasteiger charge is 2.44. The van der Waals surface area contributed by atoms with Crippen molar-refractivity contribution in [2.24, 2.45) is 0 Å². The smallest absolute Gasteiger partial charge is 0.443 e. The van der Waals surface area contributed by atoms with Crippen LogP contribution < -0.4 is 5.73 Å². The monoisotopic (exact) mass is 421 g/mol. The molecule has 0 aliphatic carbocycles. The first-order chi connectivity index (χ1) is 12.5. The van der Waals surface area contributed by atoms with Gasteiger partial charge in [0.15, 0.2) is 17.7 Å². The van der Waals surface area contributed by atoms with Gasteiger partial charge >= 0.3 is 7.82 Å². The summed E-state index contributed by atoms with van der Waals surface area (Å²) >= 11 is 0. The Labute approximate surface area is 152 Å². The number of aliphatic hydroxyl groups is 2. The Morgan fingerprint density at radius 2 is 1.96 bits per heavy atom. The highest BCUT2D eigenvalue weighted by atomic mass is 31.3. The minimum absolute atomic E-state index is 0.102. The first-order valence-corrected chi connectivity index (χ1v) is 10.4. The molecule has 0 saturated carbocycles. The van der Waals surface area contributed by atoms with Crippen LogP contribution in [0.25, 0.3) is 11.2 Å². The van der Waals surface area contributed by atoms with Gasteiger partial charge in [0.25, 0.3) is 0 Å². The maximum Gasteiger partial charge on any atom is 0.474 e. The molecule has 3 rings (SSSR count). The molecule has 1 fully saturated rings. The maximum atomic E-state index is 11.7. The van der Waals surface area contributed by atoms with Crippen molar-refractivity contribution in [2.75, 3.05) is 12.3 Å². The van der Waals surface area contributed by atoms with E-state index in [1.807, 2.05) is 0 Å². The Balaban J connectivity index is 1.75. The van der Waals surface area contributed by atoms with Gasteiger partial charge in [0.1, 0.15) is 30.2 Å². The Hall–Kier alpha value is -1.41. The maximum absolute atomic E-state index is 11.7. The highest BCUT2D eigenvalue weighted by molar-refractivity contribution is 7.83. The van der Waals surface area contributed by atoms with Crippen molar-refractivity contribution in [1.82, 2.24) is 19.5 Å². The minimum Gasteiger partial charge on any atom is -0.443 e. The van der Waals surface area contributed by atoms with Crippen LogP contribution in [0.15, 0.2) is 12.7 Å². The molecule has 3 heterocycles. The first-order valence-electron chi connectivity index (χ1n) is 7.23. The molecule has 17 heteroatoms. The molecule has 0 amide bonds. The number of nitrogen functional groups attached to an aromatic ring is 1. The molecule has 0 bridgehead atoms. The summed E-state index contributed by atoms with van der Waals surface area (Å²) in [5.74, 6) is 0.102. The second-order valence-electron chi connectivity index (χ2n) is 5.54. The summed E-state index contributed by atoms with van der Waals surface area (Å²) < 4.78 is 37.7. The van der Waals surface area contributed by atoms with Crippen LogP contribution in [0, 0.1) is 0 Å². The predicted octanol–water partition coefficient (Wildman–Crippen LogP) is -1.57. The highest BCUT2D eigenvalue weighted by Crippen LogP contribution is 2.57. The number of phosphoric acid groups is 1. The molecular weight excluding hydrogens is 407 g/mol. The molecule has 3 radical (unpaired) electrons. The lowest BCUT2D eigenvalue weighted by Gasteiger charge is -2.28. The molecule has 3 unspecified atom stereocenters. The third-order valence-corrected chi connectivity index (χ3v) is 5.91. The molecule has 2 aromatic heterocycles. The lowest BCUT2D eigenvalue weighted by molar-refractivity contribution is -0.0479. The number of fused-ring (bicyclic) bond motifs is 1. The van der Waals surface area contributed by atoms with E-state index in [9.17, 15) is 19.3 Å². The van der Waals surface area contributed by atoms with E-state index in [0.29, 0.717) is 0 Å². The van der Waals surface area contributed by atoms with Gasteiger partial charge in [-0.3, -0.25) is 4.57 Å². The zero-order chi connectivity index (χ0) is 20.0. The predicted molar refractivity (Wildman–Crippen MR) is 88.1 cm³/mol. The summed E-state index contributed by atoms with van der Waals surface area (Å²) in [5, 5.41) is 20.3. The van der Waals surface area contributed by atoms with Crippen LogP contribution in [-0.4, -0.2) is 72.0 Å². The average molecular weight is 421 g/mol. The van der Waals surface area contributed by atoms with Crippen LogP contribution in [0.3, 0.4) is 0 Å². The quantitative estimate of drug-likeness (QED) is 0.264. The number of nitrogens with zero attached hydrogens (tertiary/aromatic N) is 4. The van der Waals surface area contributed by atoms with E-state index in [0.717, 1.165) is 0 Å². The molecule has 0 aromatic carbocycles. The summed E-state index contributed by atoms with van der Waals surface area (Å²) in [5.41, 5.74) is 6.17. The molecule has 27 heavy (non-hydrogen) atoms. The lowest BCUT2D eigenvalue weighted by atomic mass is 10.1. The third-order valence-electron chi connectivity index (χ3n) is 3.64. The normalized spacial score (nSPS) is 28.5. The van der Waals surface area contributed by atoms with Gasteiger partial charge in [-0.05, 0) is 0 Å². The lowest BCUT2D eigenvalue weighted by Crippen LogP contribution is -2.33. The second-order valence-corrected chi connectivity index (χ2v) is 8.51. The van der Waals surface area contributed by atoms with E-state index in [1.165, 1.54) is 17.2 Å². The van der Waals surface area contributed by atoms with Crippen molar-refractivity contribution in [1.29, 1.82) is 0 Å². The molecule has 0 spiro atoms. The first kappa shape index (κ1) is 20.3. The van der Waals surface area contributed by atoms with Crippen LogP contribution in [0.5, 0.6) is 0 Å². The van der Waals surface area contributed by atoms with Crippen LogP contribution >= 0.6 is 15.3 Å². The van der Waals surface area contributed by atoms with Gasteiger partial charge in [-0.1, -0.05) is 0 Å². The zero-order valence-electron chi connectivity index (χ0n) is 13.3. The fourth-order valence-electron chi connectivity index (χ4n) is 2.50. The fraction of sp³-hybridized carbons (Fsp3) is 0.500. The summed E-state index contributed by atoms with van der Waals surface area (Å²) in [6, 6.07) is 0. The topological polar surface area (TPSA) is 212 Å². The van der Waals surface area contributed by atoms with Gasteiger partial charge in [-0.15, -0.1) is 0 Å². The van der Waals surface area contributed by atoms with Crippen molar-refractivity contribution in [3.05, 3.63) is 12.7 Å². The largest absolute Gasteiger partial charge is 0.474 e. The van der Waals surface area contributed by atoms with Crippen LogP contribution in [0.1, 0.15) is 6.23 Å². The molecule has 147 valence electrons. The van der Waals surface area contributed by atoms with E-state index < -0.39 is 46.4 Å². The number of ether oxygens (including phenoxy) is 1. The average Bonchev–Trinajstić information content (AvgIpc) is 3.07. The van der Waals surface area contributed by atoms with Crippen LogP contribution in [0.2, 0.25) is 0 Å². The van der Waals surface area contributed by atoms with Gasteiger partial charge in [-0.25, -0.2) is 23.8 Å². The van der Waals surface area contributed by atoms with Gasteiger partial charge in [0.05, 0.1) is 20.4 Å². The number of nitrogens with two attached hydrogens (primary N) is 1. The molecule has 5 atom stereocenters. The summed E-state index contributed by atoms with van der Waals surface area (Å²) in [4.78, 5) is 29.0. The molecule has 2 aromatic rings. The van der Waals surface area contributed by atoms with Crippen molar-refractivity contribution in [3.63, 3.8) is 0 Å². The molecule has 6 N–H and O–H groups in total. The van der Waals surface area contributed by atoms with Gasteiger partial charge in [-0.2, -0.15) is 0 Å². The van der Waals surface area contributed by atoms with Gasteiger partial charge in [0, 0.05) is 0 Å². The summed E-state index contributed by atoms with van der Waals surface area (Å²) in [7, 11) is -4.74. The van der Waals surface area contributed by atoms with Crippen molar-refractivity contribution >= 4 is 39.8 Å². The third kappa shape index (κ3) is 4.37. The SMILES string of the molecule is [B-]P(=O)(OC[C@H]1O[C@@H](n2cnc3c(N)ncnc32)C(O)C1O)OP(=O)(O)O. The second kappa shape index (κ2) is 7.20. The number of aliphatic hydroxyl groups excluding tert-OH is 2. The van der Waals surface area contributed by atoms with Crippen LogP contribution in [0.4, 0.5) is 5.82 Å². The number of anilines is 1. The Bertz CT molecular complexity index is 937. The standard InChI is InChI=1S/C10H14BN5O9P2/c11-26(19,25-27(20,21)22)23-1-4-6(17)7(18)10(24-4)16-3-15-5-8(12)13-2-14-9(5)16/h2-4,6-7,10,17-18H,1H2,(H2,12,13,14)(H2,20,21,22)/q-1/t4-,6?,7?,10-,26?/m1/s1. The van der Waals surface area contributed by atoms with E-state index >= 15 is 0 Å². The van der Waals surface area contributed by atoms with Gasteiger partial charge < -0.3 is 47.1 Å². The van der Waals surface area contributed by atoms with Crippen molar-refractivity contribution in [3.8, 4) is 0 Å². The Kier molecular flexibility index (Phi) is 5.43.